The van der Waals surface area contributed by atoms with E-state index < -0.39 is 69.6 Å². The average Bonchev–Trinajstić information content (AvgIpc) is 2.80. The first-order valence-corrected chi connectivity index (χ1v) is 12.0. The van der Waals surface area contributed by atoms with E-state index in [4.69, 9.17) is 5.73 Å². The molecule has 0 aliphatic heterocycles. The molecule has 0 heterocycles. The number of likely N-dealkylation sites (N-methyl/N-ethyl adjacent to an activating group) is 1. The molecule has 7 N–H and O–H groups in total. The summed E-state index contributed by atoms with van der Waals surface area (Å²) in [6.07, 6.45) is -0.0889. The van der Waals surface area contributed by atoms with Gasteiger partial charge >= 0.3 is 0 Å². The van der Waals surface area contributed by atoms with Gasteiger partial charge in [0, 0.05) is 17.1 Å². The second-order valence-corrected chi connectivity index (χ2v) is 10.2. The Morgan fingerprint density at radius 1 is 1.13 bits per heavy atom. The largest absolute Gasteiger partial charge is 0.508 e. The van der Waals surface area contributed by atoms with Gasteiger partial charge in [0.25, 0.3) is 5.91 Å². The minimum Gasteiger partial charge on any atom is -0.508 e. The lowest BCUT2D eigenvalue weighted by molar-refractivity contribution is -0.153. The predicted molar refractivity (Wildman–Crippen MR) is 132 cm³/mol. The van der Waals surface area contributed by atoms with Crippen LogP contribution in [0.4, 0.5) is 0 Å². The summed E-state index contributed by atoms with van der Waals surface area (Å²) >= 11 is 0. The van der Waals surface area contributed by atoms with Gasteiger partial charge in [0.2, 0.25) is 5.78 Å². The minimum absolute atomic E-state index is 0.00325. The molecule has 0 radical (unpaired) electrons. The Morgan fingerprint density at radius 2 is 1.79 bits per heavy atom. The maximum absolute atomic E-state index is 13.8. The van der Waals surface area contributed by atoms with Crippen molar-refractivity contribution in [2.45, 2.75) is 31.4 Å². The zero-order chi connectivity index (χ0) is 28.3. The number of hydrogen-bond donors (Lipinski definition) is 6. The number of carbonyl (C=O) groups is 5. The number of carbonyl (C=O) groups excluding carboxylic acids is 5. The first-order chi connectivity index (χ1) is 17.7. The number of phenols is 1. The van der Waals surface area contributed by atoms with Crippen molar-refractivity contribution in [2.75, 3.05) is 27.2 Å². The number of primary amides is 1. The Labute approximate surface area is 217 Å². The molecular formula is C26H29N3O9. The highest BCUT2D eigenvalue weighted by Gasteiger charge is 2.64. The van der Waals surface area contributed by atoms with Crippen LogP contribution in [0.3, 0.4) is 0 Å². The van der Waals surface area contributed by atoms with Crippen LogP contribution in [0, 0.1) is 11.8 Å². The first kappa shape index (κ1) is 27.2. The summed E-state index contributed by atoms with van der Waals surface area (Å²) in [6.45, 7) is 1.15. The lowest BCUT2D eigenvalue weighted by Gasteiger charge is -2.50. The van der Waals surface area contributed by atoms with Crippen molar-refractivity contribution in [1.82, 2.24) is 10.2 Å². The Balaban J connectivity index is 1.87. The Morgan fingerprint density at radius 3 is 2.37 bits per heavy atom. The van der Waals surface area contributed by atoms with E-state index in [1.807, 2.05) is 0 Å². The van der Waals surface area contributed by atoms with Crippen LogP contribution < -0.4 is 11.1 Å². The number of benzene rings is 1. The highest BCUT2D eigenvalue weighted by molar-refractivity contribution is 6.24. The van der Waals surface area contributed by atoms with Gasteiger partial charge < -0.3 is 31.5 Å². The summed E-state index contributed by atoms with van der Waals surface area (Å²) in [5.74, 6) is -8.14. The van der Waals surface area contributed by atoms with Crippen molar-refractivity contribution in [3.05, 3.63) is 45.7 Å². The molecule has 38 heavy (non-hydrogen) atoms. The summed E-state index contributed by atoms with van der Waals surface area (Å²) in [5, 5.41) is 46.9. The fraction of sp³-hybridized carbons (Fsp3) is 0.423. The molecule has 0 saturated heterocycles. The standard InChI is InChI=1S/C26H29N3O9/c1-10(30)8-28-9-16(32)12-4-5-15(31)18-13(12)6-11-7-14-20(29(2)3)22(34)19(25(27)37)24(36)26(14,38)23(35)17(11)21(18)33/h4-5,11,14,20,28,31,33,36,38H,6-9H2,1-3H3,(H2,27,37)/t11-,14-,20+,26-/m0/s1. The van der Waals surface area contributed by atoms with Crippen LogP contribution in [-0.2, 0) is 25.6 Å². The molecule has 1 amide bonds. The quantitative estimate of drug-likeness (QED) is 0.193. The molecule has 4 rings (SSSR count). The number of aromatic hydroxyl groups is 1. The number of amides is 1. The maximum Gasteiger partial charge on any atom is 0.255 e. The zero-order valence-corrected chi connectivity index (χ0v) is 21.1. The highest BCUT2D eigenvalue weighted by Crippen LogP contribution is 2.52. The van der Waals surface area contributed by atoms with E-state index in [0.717, 1.165) is 0 Å². The number of phenolic OH excluding ortho intramolecular Hbond substituents is 1. The van der Waals surface area contributed by atoms with E-state index >= 15 is 0 Å². The number of nitrogens with two attached hydrogens (primary N) is 1. The van der Waals surface area contributed by atoms with Crippen LogP contribution >= 0.6 is 0 Å². The second kappa shape index (κ2) is 9.46. The monoisotopic (exact) mass is 527 g/mol. The van der Waals surface area contributed by atoms with E-state index in [9.17, 15) is 44.4 Å². The molecule has 202 valence electrons. The number of hydrogen-bond acceptors (Lipinski definition) is 11. The van der Waals surface area contributed by atoms with Gasteiger partial charge in [-0.1, -0.05) is 0 Å². The van der Waals surface area contributed by atoms with Crippen LogP contribution in [0.15, 0.2) is 29.0 Å². The van der Waals surface area contributed by atoms with Gasteiger partial charge in [0.1, 0.15) is 28.6 Å². The summed E-state index contributed by atoms with van der Waals surface area (Å²) < 4.78 is 0. The lowest BCUT2D eigenvalue weighted by Crippen LogP contribution is -2.65. The molecule has 1 saturated carbocycles. The molecular weight excluding hydrogens is 498 g/mol. The second-order valence-electron chi connectivity index (χ2n) is 10.2. The smallest absolute Gasteiger partial charge is 0.255 e. The molecule has 0 unspecified atom stereocenters. The first-order valence-electron chi connectivity index (χ1n) is 12.0. The van der Waals surface area contributed by atoms with Crippen molar-refractivity contribution < 1.29 is 44.4 Å². The molecule has 3 aliphatic carbocycles. The van der Waals surface area contributed by atoms with Crippen molar-refractivity contribution in [3.8, 4) is 5.75 Å². The maximum atomic E-state index is 13.8. The van der Waals surface area contributed by atoms with Crippen molar-refractivity contribution in [1.29, 1.82) is 0 Å². The van der Waals surface area contributed by atoms with Gasteiger partial charge in [-0.15, -0.1) is 0 Å². The number of Topliss-reactive ketones (excluding diaryl/α,β-unsaturated/α-hetero) is 4. The molecule has 3 aliphatic rings. The molecule has 0 spiro atoms. The van der Waals surface area contributed by atoms with Gasteiger partial charge in [0.05, 0.1) is 24.7 Å². The van der Waals surface area contributed by atoms with E-state index in [1.165, 1.54) is 38.1 Å². The highest BCUT2D eigenvalue weighted by atomic mass is 16.3. The molecule has 1 aromatic rings. The summed E-state index contributed by atoms with van der Waals surface area (Å²) in [7, 11) is 3.02. The van der Waals surface area contributed by atoms with Gasteiger partial charge in [0.15, 0.2) is 17.2 Å². The summed E-state index contributed by atoms with van der Waals surface area (Å²) in [6, 6.07) is 1.36. The van der Waals surface area contributed by atoms with E-state index in [-0.39, 0.29) is 54.0 Å². The average molecular weight is 528 g/mol. The molecule has 12 heteroatoms. The molecule has 0 bridgehead atoms. The molecule has 1 fully saturated rings. The van der Waals surface area contributed by atoms with Crippen molar-refractivity contribution in [3.63, 3.8) is 0 Å². The zero-order valence-electron chi connectivity index (χ0n) is 21.1. The summed E-state index contributed by atoms with van der Waals surface area (Å²) in [5.41, 5.74) is 1.65. The topological polar surface area (TPSA) is 208 Å². The third kappa shape index (κ3) is 3.92. The minimum atomic E-state index is -2.73. The van der Waals surface area contributed by atoms with Gasteiger partial charge in [-0.3, -0.25) is 28.9 Å². The van der Waals surface area contributed by atoms with Gasteiger partial charge in [-0.05, 0) is 57.5 Å². The number of rotatable bonds is 7. The molecule has 4 atom stereocenters. The van der Waals surface area contributed by atoms with Crippen LogP contribution in [0.5, 0.6) is 5.75 Å². The summed E-state index contributed by atoms with van der Waals surface area (Å²) in [4.78, 5) is 64.5. The molecule has 0 aromatic heterocycles. The Bertz CT molecular complexity index is 1360. The predicted octanol–water partition coefficient (Wildman–Crippen LogP) is -0.675. The van der Waals surface area contributed by atoms with Crippen LogP contribution in [-0.4, -0.2) is 93.2 Å². The van der Waals surface area contributed by atoms with Crippen molar-refractivity contribution >= 4 is 34.8 Å². The van der Waals surface area contributed by atoms with E-state index in [0.29, 0.717) is 0 Å². The number of aliphatic hydroxyl groups excluding tert-OH is 2. The number of fused-ring (bicyclic) bond motifs is 3. The van der Waals surface area contributed by atoms with Crippen LogP contribution in [0.2, 0.25) is 0 Å². The Hall–Kier alpha value is -3.87. The van der Waals surface area contributed by atoms with Crippen LogP contribution in [0.1, 0.15) is 34.8 Å². The van der Waals surface area contributed by atoms with Gasteiger partial charge in [-0.2, -0.15) is 0 Å². The lowest BCUT2D eigenvalue weighted by atomic mass is 9.57. The van der Waals surface area contributed by atoms with E-state index in [1.54, 1.807) is 0 Å². The number of ketones is 4. The fourth-order valence-corrected chi connectivity index (χ4v) is 5.95. The Kier molecular flexibility index (Phi) is 6.76. The van der Waals surface area contributed by atoms with Gasteiger partial charge in [-0.25, -0.2) is 0 Å². The third-order valence-electron chi connectivity index (χ3n) is 7.56. The normalized spacial score (nSPS) is 26.7. The fourth-order valence-electron chi connectivity index (χ4n) is 5.95. The van der Waals surface area contributed by atoms with Crippen molar-refractivity contribution in [2.24, 2.45) is 17.6 Å². The SMILES string of the molecule is CC(=O)CNCC(=O)c1ccc(O)c2c1C[C@H]1C[C@H]3[C@@H](N(C)C)C(=O)C(C(N)=O)=C(O)[C@@]3(O)C(=O)C1=C2O. The number of nitrogens with zero attached hydrogens (tertiary/aromatic N) is 1. The molecule has 12 nitrogen and oxygen atoms in total. The van der Waals surface area contributed by atoms with E-state index in [2.05, 4.69) is 5.32 Å². The third-order valence-corrected chi connectivity index (χ3v) is 7.56. The number of nitrogens with one attached hydrogen (secondary N) is 1. The van der Waals surface area contributed by atoms with Crippen LogP contribution in [0.25, 0.3) is 5.76 Å². The number of aliphatic hydroxyl groups is 3. The molecule has 1 aromatic carbocycles.